The molecule has 1 aromatic heterocycles. The van der Waals surface area contributed by atoms with Gasteiger partial charge in [0.25, 0.3) is 0 Å². The SMILES string of the molecule is CCOC(CC)c1nc(-c2ccccc2)c(CNC)s1. The maximum atomic E-state index is 5.79. The van der Waals surface area contributed by atoms with Crippen molar-refractivity contribution in [2.24, 2.45) is 0 Å². The van der Waals surface area contributed by atoms with Crippen LogP contribution in [0.3, 0.4) is 0 Å². The Balaban J connectivity index is 2.37. The first-order chi connectivity index (χ1) is 9.80. The van der Waals surface area contributed by atoms with Gasteiger partial charge in [0.2, 0.25) is 0 Å². The average Bonchev–Trinajstić information content (AvgIpc) is 2.90. The Labute approximate surface area is 125 Å². The fourth-order valence-corrected chi connectivity index (χ4v) is 3.41. The van der Waals surface area contributed by atoms with Crippen LogP contribution in [0.1, 0.15) is 36.3 Å². The van der Waals surface area contributed by atoms with Crippen LogP contribution >= 0.6 is 11.3 Å². The van der Waals surface area contributed by atoms with Crippen molar-refractivity contribution in [2.45, 2.75) is 32.9 Å². The zero-order valence-corrected chi connectivity index (χ0v) is 13.2. The number of rotatable bonds is 7. The summed E-state index contributed by atoms with van der Waals surface area (Å²) < 4.78 is 5.79. The van der Waals surface area contributed by atoms with Gasteiger partial charge in [0.1, 0.15) is 11.1 Å². The molecule has 0 fully saturated rings. The van der Waals surface area contributed by atoms with Crippen LogP contribution in [0, 0.1) is 0 Å². The van der Waals surface area contributed by atoms with Gasteiger partial charge in [-0.25, -0.2) is 4.98 Å². The average molecular weight is 290 g/mol. The molecule has 0 spiro atoms. The summed E-state index contributed by atoms with van der Waals surface area (Å²) in [5, 5.41) is 4.31. The molecular formula is C16H22N2OS. The van der Waals surface area contributed by atoms with E-state index in [9.17, 15) is 0 Å². The van der Waals surface area contributed by atoms with Crippen molar-refractivity contribution >= 4 is 11.3 Å². The van der Waals surface area contributed by atoms with E-state index in [0.29, 0.717) is 0 Å². The molecule has 1 aromatic carbocycles. The van der Waals surface area contributed by atoms with Crippen molar-refractivity contribution in [1.29, 1.82) is 0 Å². The first kappa shape index (κ1) is 15.2. The molecule has 1 atom stereocenters. The van der Waals surface area contributed by atoms with Gasteiger partial charge in [-0.05, 0) is 20.4 Å². The van der Waals surface area contributed by atoms with Crippen molar-refractivity contribution in [3.63, 3.8) is 0 Å². The molecule has 2 rings (SSSR count). The Morgan fingerprint density at radius 2 is 2.00 bits per heavy atom. The predicted molar refractivity (Wildman–Crippen MR) is 85.0 cm³/mol. The number of ether oxygens (including phenoxy) is 1. The number of benzene rings is 1. The fraction of sp³-hybridized carbons (Fsp3) is 0.438. The highest BCUT2D eigenvalue weighted by atomic mass is 32.1. The highest BCUT2D eigenvalue weighted by molar-refractivity contribution is 7.12. The molecule has 0 radical (unpaired) electrons. The molecule has 108 valence electrons. The van der Waals surface area contributed by atoms with Gasteiger partial charge >= 0.3 is 0 Å². The highest BCUT2D eigenvalue weighted by Gasteiger charge is 2.18. The van der Waals surface area contributed by atoms with Crippen LogP contribution in [-0.2, 0) is 11.3 Å². The second-order valence-electron chi connectivity index (χ2n) is 4.57. The molecular weight excluding hydrogens is 268 g/mol. The fourth-order valence-electron chi connectivity index (χ4n) is 2.17. The Hall–Kier alpha value is -1.23. The van der Waals surface area contributed by atoms with Crippen LogP contribution in [0.2, 0.25) is 0 Å². The van der Waals surface area contributed by atoms with Crippen molar-refractivity contribution in [3.8, 4) is 11.3 Å². The lowest BCUT2D eigenvalue weighted by molar-refractivity contribution is 0.0597. The molecule has 0 bridgehead atoms. The van der Waals surface area contributed by atoms with E-state index in [0.717, 1.165) is 30.3 Å². The van der Waals surface area contributed by atoms with Crippen LogP contribution in [0.5, 0.6) is 0 Å². The standard InChI is InChI=1S/C16H22N2OS/c1-4-13(19-5-2)16-18-15(14(20-16)11-17-3)12-9-7-6-8-10-12/h6-10,13,17H,4-5,11H2,1-3H3. The largest absolute Gasteiger partial charge is 0.371 e. The smallest absolute Gasteiger partial charge is 0.123 e. The second-order valence-corrected chi connectivity index (χ2v) is 5.69. The van der Waals surface area contributed by atoms with E-state index in [-0.39, 0.29) is 6.10 Å². The summed E-state index contributed by atoms with van der Waals surface area (Å²) in [6.07, 6.45) is 1.06. The molecule has 2 aromatic rings. The lowest BCUT2D eigenvalue weighted by atomic mass is 10.1. The summed E-state index contributed by atoms with van der Waals surface area (Å²) in [7, 11) is 1.97. The van der Waals surface area contributed by atoms with E-state index < -0.39 is 0 Å². The molecule has 0 saturated heterocycles. The quantitative estimate of drug-likeness (QED) is 0.836. The Morgan fingerprint density at radius 1 is 1.25 bits per heavy atom. The number of hydrogen-bond acceptors (Lipinski definition) is 4. The van der Waals surface area contributed by atoms with Gasteiger partial charge in [-0.1, -0.05) is 37.3 Å². The van der Waals surface area contributed by atoms with Gasteiger partial charge in [-0.15, -0.1) is 11.3 Å². The number of thiazole rings is 1. The van der Waals surface area contributed by atoms with Crippen LogP contribution in [-0.4, -0.2) is 18.6 Å². The molecule has 0 saturated carbocycles. The summed E-state index contributed by atoms with van der Waals surface area (Å²) >= 11 is 1.75. The Kier molecular flexibility index (Phi) is 5.71. The van der Waals surface area contributed by atoms with Gasteiger partial charge in [0.15, 0.2) is 0 Å². The third kappa shape index (κ3) is 3.45. The molecule has 20 heavy (non-hydrogen) atoms. The summed E-state index contributed by atoms with van der Waals surface area (Å²) in [5.41, 5.74) is 2.25. The molecule has 4 heteroatoms. The van der Waals surface area contributed by atoms with E-state index in [1.165, 1.54) is 10.4 Å². The lowest BCUT2D eigenvalue weighted by Crippen LogP contribution is -2.04. The molecule has 0 aliphatic heterocycles. The third-order valence-corrected chi connectivity index (χ3v) is 4.26. The minimum atomic E-state index is 0.109. The Morgan fingerprint density at radius 3 is 2.60 bits per heavy atom. The molecule has 3 nitrogen and oxygen atoms in total. The number of aromatic nitrogens is 1. The Bertz CT molecular complexity index is 525. The summed E-state index contributed by atoms with van der Waals surface area (Å²) in [5.74, 6) is 0. The van der Waals surface area contributed by atoms with Gasteiger partial charge in [-0.3, -0.25) is 0 Å². The molecule has 1 heterocycles. The number of nitrogens with zero attached hydrogens (tertiary/aromatic N) is 1. The zero-order chi connectivity index (χ0) is 14.4. The topological polar surface area (TPSA) is 34.1 Å². The van der Waals surface area contributed by atoms with E-state index in [2.05, 4.69) is 36.5 Å². The molecule has 0 aliphatic carbocycles. The van der Waals surface area contributed by atoms with Gasteiger partial charge < -0.3 is 10.1 Å². The zero-order valence-electron chi connectivity index (χ0n) is 12.3. The predicted octanol–water partition coefficient (Wildman–Crippen LogP) is 4.02. The molecule has 1 N–H and O–H groups in total. The van der Waals surface area contributed by atoms with E-state index in [1.807, 2.05) is 20.0 Å². The van der Waals surface area contributed by atoms with Crippen molar-refractivity contribution < 1.29 is 4.74 Å². The lowest BCUT2D eigenvalue weighted by Gasteiger charge is -2.11. The van der Waals surface area contributed by atoms with Crippen molar-refractivity contribution in [1.82, 2.24) is 10.3 Å². The van der Waals surface area contributed by atoms with Gasteiger partial charge in [-0.2, -0.15) is 0 Å². The van der Waals surface area contributed by atoms with Gasteiger partial charge in [0, 0.05) is 23.6 Å². The van der Waals surface area contributed by atoms with Crippen molar-refractivity contribution in [3.05, 3.63) is 40.2 Å². The highest BCUT2D eigenvalue weighted by Crippen LogP contribution is 2.33. The van der Waals surface area contributed by atoms with E-state index >= 15 is 0 Å². The maximum absolute atomic E-state index is 5.79. The molecule has 0 aliphatic rings. The normalized spacial score (nSPS) is 12.6. The van der Waals surface area contributed by atoms with E-state index in [4.69, 9.17) is 9.72 Å². The van der Waals surface area contributed by atoms with Crippen LogP contribution in [0.4, 0.5) is 0 Å². The first-order valence-corrected chi connectivity index (χ1v) is 7.93. The van der Waals surface area contributed by atoms with Crippen LogP contribution < -0.4 is 5.32 Å². The number of nitrogens with one attached hydrogen (secondary N) is 1. The van der Waals surface area contributed by atoms with Crippen LogP contribution in [0.25, 0.3) is 11.3 Å². The number of hydrogen-bond donors (Lipinski definition) is 1. The molecule has 1 unspecified atom stereocenters. The minimum Gasteiger partial charge on any atom is -0.371 e. The first-order valence-electron chi connectivity index (χ1n) is 7.11. The van der Waals surface area contributed by atoms with Gasteiger partial charge in [0.05, 0.1) is 5.69 Å². The minimum absolute atomic E-state index is 0.109. The monoisotopic (exact) mass is 290 g/mol. The van der Waals surface area contributed by atoms with Crippen LogP contribution in [0.15, 0.2) is 30.3 Å². The third-order valence-electron chi connectivity index (χ3n) is 3.11. The summed E-state index contributed by atoms with van der Waals surface area (Å²) in [6, 6.07) is 10.4. The van der Waals surface area contributed by atoms with Crippen molar-refractivity contribution in [2.75, 3.05) is 13.7 Å². The summed E-state index contributed by atoms with van der Waals surface area (Å²) in [6.45, 7) is 5.73. The maximum Gasteiger partial charge on any atom is 0.123 e. The van der Waals surface area contributed by atoms with E-state index in [1.54, 1.807) is 11.3 Å². The second kappa shape index (κ2) is 7.53. The summed E-state index contributed by atoms with van der Waals surface area (Å²) in [4.78, 5) is 6.11. The molecule has 0 amide bonds.